The molecular weight excluding hydrogens is 398 g/mol. The van der Waals surface area contributed by atoms with Gasteiger partial charge in [-0.25, -0.2) is 15.0 Å². The van der Waals surface area contributed by atoms with E-state index >= 15 is 0 Å². The first-order chi connectivity index (χ1) is 13.5. The predicted molar refractivity (Wildman–Crippen MR) is 111 cm³/mol. The van der Waals surface area contributed by atoms with Crippen molar-refractivity contribution in [1.82, 2.24) is 15.0 Å². The number of thioether (sulfide) groups is 1. The maximum absolute atomic E-state index is 12.2. The van der Waals surface area contributed by atoms with E-state index in [1.54, 1.807) is 20.3 Å². The summed E-state index contributed by atoms with van der Waals surface area (Å²) in [4.78, 5) is 25.1. The number of thiazole rings is 1. The van der Waals surface area contributed by atoms with Gasteiger partial charge < -0.3 is 20.5 Å². The number of rotatable bonds is 7. The van der Waals surface area contributed by atoms with E-state index in [0.29, 0.717) is 33.3 Å². The van der Waals surface area contributed by atoms with E-state index in [1.807, 2.05) is 30.5 Å². The lowest BCUT2D eigenvalue weighted by molar-refractivity contribution is -0.113. The molecule has 0 radical (unpaired) electrons. The fourth-order valence-electron chi connectivity index (χ4n) is 2.38. The molecular formula is C18H19N5O3S2. The molecule has 3 N–H and O–H groups in total. The Morgan fingerprint density at radius 1 is 1.21 bits per heavy atom. The van der Waals surface area contributed by atoms with Crippen LogP contribution in [0.25, 0.3) is 11.3 Å². The number of hydrogen-bond acceptors (Lipinski definition) is 9. The summed E-state index contributed by atoms with van der Waals surface area (Å²) in [5.41, 5.74) is 7.94. The van der Waals surface area contributed by atoms with E-state index in [9.17, 15) is 4.79 Å². The van der Waals surface area contributed by atoms with Gasteiger partial charge in [-0.05, 0) is 25.1 Å². The van der Waals surface area contributed by atoms with Crippen LogP contribution in [0.3, 0.4) is 0 Å². The molecule has 0 aliphatic heterocycles. The summed E-state index contributed by atoms with van der Waals surface area (Å²) in [5.74, 6) is 1.71. The fraction of sp³-hybridized carbons (Fsp3) is 0.222. The van der Waals surface area contributed by atoms with Crippen molar-refractivity contribution >= 4 is 40.0 Å². The van der Waals surface area contributed by atoms with Crippen LogP contribution in [-0.2, 0) is 4.79 Å². The average molecular weight is 418 g/mol. The van der Waals surface area contributed by atoms with E-state index in [4.69, 9.17) is 15.2 Å². The van der Waals surface area contributed by atoms with Crippen LogP contribution in [0, 0.1) is 6.92 Å². The monoisotopic (exact) mass is 417 g/mol. The molecule has 2 aromatic heterocycles. The number of nitrogens with one attached hydrogen (secondary N) is 1. The highest BCUT2D eigenvalue weighted by Gasteiger charge is 2.13. The Morgan fingerprint density at radius 3 is 2.75 bits per heavy atom. The van der Waals surface area contributed by atoms with Crippen LogP contribution in [0.2, 0.25) is 0 Å². The van der Waals surface area contributed by atoms with Crippen LogP contribution in [0.1, 0.15) is 5.69 Å². The lowest BCUT2D eigenvalue weighted by Crippen LogP contribution is -2.14. The zero-order valence-corrected chi connectivity index (χ0v) is 17.2. The minimum absolute atomic E-state index is 0.153. The third kappa shape index (κ3) is 4.90. The van der Waals surface area contributed by atoms with Gasteiger partial charge in [-0.1, -0.05) is 11.8 Å². The summed E-state index contributed by atoms with van der Waals surface area (Å²) in [7, 11) is 3.19. The molecule has 3 aromatic rings. The number of aryl methyl sites for hydroxylation is 1. The highest BCUT2D eigenvalue weighted by atomic mass is 32.2. The van der Waals surface area contributed by atoms with Gasteiger partial charge in [0, 0.05) is 22.7 Å². The highest BCUT2D eigenvalue weighted by molar-refractivity contribution is 7.99. The number of anilines is 2. The molecule has 0 fully saturated rings. The Labute approximate surface area is 170 Å². The van der Waals surface area contributed by atoms with Gasteiger partial charge in [-0.15, -0.1) is 11.3 Å². The lowest BCUT2D eigenvalue weighted by Gasteiger charge is -2.08. The number of nitrogens with zero attached hydrogens (tertiary/aromatic N) is 3. The van der Waals surface area contributed by atoms with E-state index < -0.39 is 0 Å². The Balaban J connectivity index is 1.66. The van der Waals surface area contributed by atoms with Crippen molar-refractivity contribution in [3.63, 3.8) is 0 Å². The zero-order chi connectivity index (χ0) is 20.1. The molecule has 8 nitrogen and oxygen atoms in total. The molecule has 3 rings (SSSR count). The maximum atomic E-state index is 12.2. The Kier molecular flexibility index (Phi) is 6.32. The topological polar surface area (TPSA) is 112 Å². The molecule has 0 saturated heterocycles. The Bertz CT molecular complexity index is 973. The molecule has 0 atom stereocenters. The molecule has 0 spiro atoms. The third-order valence-corrected chi connectivity index (χ3v) is 5.22. The summed E-state index contributed by atoms with van der Waals surface area (Å²) in [6.07, 6.45) is 0. The van der Waals surface area contributed by atoms with Crippen LogP contribution < -0.4 is 20.5 Å². The van der Waals surface area contributed by atoms with Crippen molar-refractivity contribution in [2.45, 2.75) is 12.1 Å². The number of ether oxygens (including phenoxy) is 2. The van der Waals surface area contributed by atoms with Crippen molar-refractivity contribution in [1.29, 1.82) is 0 Å². The Morgan fingerprint density at radius 2 is 2.04 bits per heavy atom. The van der Waals surface area contributed by atoms with E-state index in [2.05, 4.69) is 20.3 Å². The second-order valence-electron chi connectivity index (χ2n) is 5.66. The molecule has 28 heavy (non-hydrogen) atoms. The van der Waals surface area contributed by atoms with Gasteiger partial charge in [0.05, 0.1) is 25.7 Å². The minimum atomic E-state index is -0.202. The molecule has 1 aromatic carbocycles. The van der Waals surface area contributed by atoms with Gasteiger partial charge in [0.2, 0.25) is 5.91 Å². The third-order valence-electron chi connectivity index (χ3n) is 3.62. The summed E-state index contributed by atoms with van der Waals surface area (Å²) in [5, 5.41) is 5.60. The average Bonchev–Trinajstić information content (AvgIpc) is 3.13. The van der Waals surface area contributed by atoms with Gasteiger partial charge >= 0.3 is 0 Å². The Hall–Kier alpha value is -2.85. The number of nitrogen functional groups attached to an aromatic ring is 1. The van der Waals surface area contributed by atoms with Gasteiger partial charge in [-0.3, -0.25) is 4.79 Å². The molecule has 0 bridgehead atoms. The summed E-state index contributed by atoms with van der Waals surface area (Å²) in [6, 6.07) is 7.15. The first-order valence-corrected chi connectivity index (χ1v) is 10.1. The number of carbonyl (C=O) groups excluding carboxylic acids is 1. The van der Waals surface area contributed by atoms with Gasteiger partial charge in [-0.2, -0.15) is 0 Å². The summed E-state index contributed by atoms with van der Waals surface area (Å²) in [6.45, 7) is 1.83. The first kappa shape index (κ1) is 19.9. The number of carbonyl (C=O) groups is 1. The van der Waals surface area contributed by atoms with Gasteiger partial charge in [0.15, 0.2) is 10.3 Å². The van der Waals surface area contributed by atoms with Gasteiger partial charge in [0.1, 0.15) is 17.3 Å². The molecule has 146 valence electrons. The van der Waals surface area contributed by atoms with Crippen molar-refractivity contribution in [3.8, 4) is 22.8 Å². The summed E-state index contributed by atoms with van der Waals surface area (Å²) < 4.78 is 10.7. The fourth-order valence-corrected chi connectivity index (χ4v) is 3.82. The molecule has 10 heteroatoms. The van der Waals surface area contributed by atoms with E-state index in [0.717, 1.165) is 11.3 Å². The van der Waals surface area contributed by atoms with Crippen molar-refractivity contribution < 1.29 is 14.3 Å². The van der Waals surface area contributed by atoms with Crippen molar-refractivity contribution in [2.75, 3.05) is 31.0 Å². The number of amides is 1. The quantitative estimate of drug-likeness (QED) is 0.445. The minimum Gasteiger partial charge on any atom is -0.497 e. The van der Waals surface area contributed by atoms with Gasteiger partial charge in [0.25, 0.3) is 0 Å². The number of benzene rings is 1. The normalized spacial score (nSPS) is 10.5. The molecule has 0 saturated carbocycles. The molecule has 0 unspecified atom stereocenters. The first-order valence-electron chi connectivity index (χ1n) is 8.20. The predicted octanol–water partition coefficient (Wildman–Crippen LogP) is 3.24. The number of aromatic nitrogens is 3. The molecule has 0 aliphatic rings. The van der Waals surface area contributed by atoms with E-state index in [1.165, 1.54) is 23.1 Å². The zero-order valence-electron chi connectivity index (χ0n) is 15.6. The smallest absolute Gasteiger partial charge is 0.236 e. The van der Waals surface area contributed by atoms with E-state index in [-0.39, 0.29) is 11.7 Å². The molecule has 0 aliphatic carbocycles. The number of methoxy groups -OCH3 is 2. The van der Waals surface area contributed by atoms with Crippen LogP contribution in [0.4, 0.5) is 10.9 Å². The second kappa shape index (κ2) is 8.89. The molecule has 1 amide bonds. The SMILES string of the molecule is COc1ccc(OC)c(-c2csc(NC(=O)CSc3nc(C)cc(N)n3)n2)c1. The van der Waals surface area contributed by atoms with Crippen molar-refractivity contribution in [3.05, 3.63) is 35.3 Å². The number of nitrogens with two attached hydrogens (primary N) is 1. The highest BCUT2D eigenvalue weighted by Crippen LogP contribution is 2.35. The molecule has 2 heterocycles. The van der Waals surface area contributed by atoms with Crippen LogP contribution in [0.5, 0.6) is 11.5 Å². The lowest BCUT2D eigenvalue weighted by atomic mass is 10.1. The van der Waals surface area contributed by atoms with Crippen LogP contribution in [-0.4, -0.2) is 40.8 Å². The van der Waals surface area contributed by atoms with Crippen LogP contribution in [0.15, 0.2) is 34.8 Å². The largest absolute Gasteiger partial charge is 0.497 e. The second-order valence-corrected chi connectivity index (χ2v) is 7.46. The standard InChI is InChI=1S/C18H19N5O3S2/c1-10-6-15(19)22-17(20-10)28-9-16(24)23-18-21-13(8-27-18)12-7-11(25-2)4-5-14(12)26-3/h4-8H,9H2,1-3H3,(H2,19,20,22)(H,21,23,24). The summed E-state index contributed by atoms with van der Waals surface area (Å²) >= 11 is 2.55. The van der Waals surface area contributed by atoms with Crippen LogP contribution >= 0.6 is 23.1 Å². The maximum Gasteiger partial charge on any atom is 0.236 e. The number of hydrogen-bond donors (Lipinski definition) is 2. The van der Waals surface area contributed by atoms with Crippen molar-refractivity contribution in [2.24, 2.45) is 0 Å².